The van der Waals surface area contributed by atoms with Crippen molar-refractivity contribution < 1.29 is 0 Å². The summed E-state index contributed by atoms with van der Waals surface area (Å²) in [6.45, 7) is 6.93. The Morgan fingerprint density at radius 3 is 2.35 bits per heavy atom. The maximum absolute atomic E-state index is 6.00. The fourth-order valence-electron chi connectivity index (χ4n) is 2.56. The number of nitrogens with two attached hydrogens (primary N) is 1. The molecular weight excluding hydrogens is 312 g/mol. The van der Waals surface area contributed by atoms with Gasteiger partial charge in [0.15, 0.2) is 0 Å². The van der Waals surface area contributed by atoms with Crippen molar-refractivity contribution in [1.29, 1.82) is 0 Å². The van der Waals surface area contributed by atoms with Crippen LogP contribution < -0.4 is 11.1 Å². The van der Waals surface area contributed by atoms with E-state index in [2.05, 4.69) is 78.4 Å². The van der Waals surface area contributed by atoms with Crippen LogP contribution in [0.1, 0.15) is 28.3 Å². The summed E-state index contributed by atoms with van der Waals surface area (Å²) < 4.78 is 1.06. The molecule has 0 aliphatic rings. The first kappa shape index (κ1) is 15.1. The van der Waals surface area contributed by atoms with Crippen molar-refractivity contribution in [2.75, 3.05) is 11.9 Å². The number of aryl methyl sites for hydroxylation is 3. The number of hydrogen-bond acceptors (Lipinski definition) is 2. The Bertz CT molecular complexity index is 588. The first-order chi connectivity index (χ1) is 9.52. The summed E-state index contributed by atoms with van der Waals surface area (Å²) >= 11 is 3.59. The van der Waals surface area contributed by atoms with Crippen molar-refractivity contribution in [3.63, 3.8) is 0 Å². The predicted molar refractivity (Wildman–Crippen MR) is 90.2 cm³/mol. The summed E-state index contributed by atoms with van der Waals surface area (Å²) in [7, 11) is 0. The standard InChI is InChI=1S/C17H21BrN2/c1-11-7-8-14(18)15(9-11)20-16(10-19)17-12(2)5-4-6-13(17)3/h4-9,16,20H,10,19H2,1-3H3. The lowest BCUT2D eigenvalue weighted by Crippen LogP contribution is -2.22. The van der Waals surface area contributed by atoms with Gasteiger partial charge < -0.3 is 11.1 Å². The highest BCUT2D eigenvalue weighted by molar-refractivity contribution is 9.10. The fraction of sp³-hybridized carbons (Fsp3) is 0.294. The molecule has 1 unspecified atom stereocenters. The van der Waals surface area contributed by atoms with Crippen LogP contribution in [0.15, 0.2) is 40.9 Å². The van der Waals surface area contributed by atoms with Crippen molar-refractivity contribution in [3.8, 4) is 0 Å². The lowest BCUT2D eigenvalue weighted by atomic mass is 9.96. The summed E-state index contributed by atoms with van der Waals surface area (Å²) in [4.78, 5) is 0. The summed E-state index contributed by atoms with van der Waals surface area (Å²) in [5.41, 5.74) is 12.2. The first-order valence-corrected chi connectivity index (χ1v) is 7.61. The second-order valence-electron chi connectivity index (χ2n) is 5.22. The minimum atomic E-state index is 0.120. The Balaban J connectivity index is 2.36. The number of benzene rings is 2. The molecule has 0 saturated heterocycles. The molecule has 0 radical (unpaired) electrons. The highest BCUT2D eigenvalue weighted by atomic mass is 79.9. The van der Waals surface area contributed by atoms with E-state index in [9.17, 15) is 0 Å². The van der Waals surface area contributed by atoms with Gasteiger partial charge in [0, 0.05) is 16.7 Å². The molecule has 0 aliphatic carbocycles. The van der Waals surface area contributed by atoms with Gasteiger partial charge in [0.2, 0.25) is 0 Å². The average molecular weight is 333 g/mol. The average Bonchev–Trinajstić information content (AvgIpc) is 2.41. The molecule has 2 aromatic carbocycles. The molecule has 0 spiro atoms. The van der Waals surface area contributed by atoms with Gasteiger partial charge in [-0.25, -0.2) is 0 Å². The predicted octanol–water partition coefficient (Wildman–Crippen LogP) is 4.49. The molecule has 0 heterocycles. The molecule has 1 atom stereocenters. The molecule has 0 aromatic heterocycles. The molecule has 0 fully saturated rings. The van der Waals surface area contributed by atoms with Crippen LogP contribution in [0.25, 0.3) is 0 Å². The zero-order valence-corrected chi connectivity index (χ0v) is 13.8. The Kier molecular flexibility index (Phi) is 4.84. The molecular formula is C17H21BrN2. The van der Waals surface area contributed by atoms with Crippen molar-refractivity contribution in [1.82, 2.24) is 0 Å². The van der Waals surface area contributed by atoms with Crippen LogP contribution in [0.3, 0.4) is 0 Å². The van der Waals surface area contributed by atoms with Crippen molar-refractivity contribution in [3.05, 3.63) is 63.1 Å². The van der Waals surface area contributed by atoms with Crippen LogP contribution in [0.5, 0.6) is 0 Å². The zero-order valence-electron chi connectivity index (χ0n) is 12.2. The Labute approximate surface area is 129 Å². The van der Waals surface area contributed by atoms with E-state index in [-0.39, 0.29) is 6.04 Å². The van der Waals surface area contributed by atoms with E-state index in [1.165, 1.54) is 22.3 Å². The van der Waals surface area contributed by atoms with E-state index < -0.39 is 0 Å². The normalized spacial score (nSPS) is 12.2. The van der Waals surface area contributed by atoms with E-state index >= 15 is 0 Å². The molecule has 0 amide bonds. The van der Waals surface area contributed by atoms with Gasteiger partial charge in [0.05, 0.1) is 6.04 Å². The van der Waals surface area contributed by atoms with Crippen LogP contribution in [0, 0.1) is 20.8 Å². The molecule has 3 N–H and O–H groups in total. The molecule has 0 bridgehead atoms. The quantitative estimate of drug-likeness (QED) is 0.865. The van der Waals surface area contributed by atoms with Crippen LogP contribution in [-0.4, -0.2) is 6.54 Å². The molecule has 2 nitrogen and oxygen atoms in total. The second kappa shape index (κ2) is 6.42. The van der Waals surface area contributed by atoms with Gasteiger partial charge in [0.1, 0.15) is 0 Å². The number of nitrogens with one attached hydrogen (secondary N) is 1. The molecule has 2 aromatic rings. The summed E-state index contributed by atoms with van der Waals surface area (Å²) in [6, 6.07) is 12.8. The van der Waals surface area contributed by atoms with Crippen LogP contribution in [0.4, 0.5) is 5.69 Å². The monoisotopic (exact) mass is 332 g/mol. The maximum atomic E-state index is 6.00. The number of halogens is 1. The van der Waals surface area contributed by atoms with E-state index in [0.717, 1.165) is 10.2 Å². The van der Waals surface area contributed by atoms with Crippen molar-refractivity contribution in [2.45, 2.75) is 26.8 Å². The lowest BCUT2D eigenvalue weighted by molar-refractivity contribution is 0.776. The topological polar surface area (TPSA) is 38.0 Å². The smallest absolute Gasteiger partial charge is 0.0641 e. The minimum absolute atomic E-state index is 0.120. The fourth-order valence-corrected chi connectivity index (χ4v) is 2.92. The zero-order chi connectivity index (χ0) is 14.7. The number of rotatable bonds is 4. The Hall–Kier alpha value is -1.32. The van der Waals surface area contributed by atoms with Gasteiger partial charge in [-0.1, -0.05) is 24.3 Å². The van der Waals surface area contributed by atoms with Gasteiger partial charge in [-0.2, -0.15) is 0 Å². The summed E-state index contributed by atoms with van der Waals surface area (Å²) in [6.07, 6.45) is 0. The molecule has 106 valence electrons. The molecule has 0 aliphatic heterocycles. The minimum Gasteiger partial charge on any atom is -0.376 e. The summed E-state index contributed by atoms with van der Waals surface area (Å²) in [5.74, 6) is 0. The van der Waals surface area contributed by atoms with Crippen LogP contribution in [0.2, 0.25) is 0 Å². The third-order valence-corrected chi connectivity index (χ3v) is 4.27. The van der Waals surface area contributed by atoms with E-state index in [1.54, 1.807) is 0 Å². The first-order valence-electron chi connectivity index (χ1n) is 6.81. The van der Waals surface area contributed by atoms with Gasteiger partial charge in [0.25, 0.3) is 0 Å². The van der Waals surface area contributed by atoms with Crippen molar-refractivity contribution in [2.24, 2.45) is 5.73 Å². The van der Waals surface area contributed by atoms with Gasteiger partial charge in [-0.15, -0.1) is 0 Å². The Morgan fingerprint density at radius 1 is 1.10 bits per heavy atom. The highest BCUT2D eigenvalue weighted by Crippen LogP contribution is 2.29. The SMILES string of the molecule is Cc1ccc(Br)c(NC(CN)c2c(C)cccc2C)c1. The lowest BCUT2D eigenvalue weighted by Gasteiger charge is -2.23. The molecule has 0 saturated carbocycles. The van der Waals surface area contributed by atoms with Crippen LogP contribution >= 0.6 is 15.9 Å². The molecule has 3 heteroatoms. The highest BCUT2D eigenvalue weighted by Gasteiger charge is 2.15. The maximum Gasteiger partial charge on any atom is 0.0641 e. The van der Waals surface area contributed by atoms with E-state index in [4.69, 9.17) is 5.73 Å². The third kappa shape index (κ3) is 3.22. The largest absolute Gasteiger partial charge is 0.376 e. The third-order valence-electron chi connectivity index (χ3n) is 3.58. The van der Waals surface area contributed by atoms with Gasteiger partial charge in [-0.05, 0) is 71.1 Å². The van der Waals surface area contributed by atoms with E-state index in [1.807, 2.05) is 0 Å². The number of anilines is 1. The second-order valence-corrected chi connectivity index (χ2v) is 6.08. The summed E-state index contributed by atoms with van der Waals surface area (Å²) in [5, 5.41) is 3.56. The van der Waals surface area contributed by atoms with Gasteiger partial charge in [-0.3, -0.25) is 0 Å². The van der Waals surface area contributed by atoms with Crippen molar-refractivity contribution >= 4 is 21.6 Å². The van der Waals surface area contributed by atoms with Gasteiger partial charge >= 0.3 is 0 Å². The number of hydrogen-bond donors (Lipinski definition) is 2. The van der Waals surface area contributed by atoms with Crippen LogP contribution in [-0.2, 0) is 0 Å². The Morgan fingerprint density at radius 2 is 1.75 bits per heavy atom. The molecule has 20 heavy (non-hydrogen) atoms. The van der Waals surface area contributed by atoms with E-state index in [0.29, 0.717) is 6.54 Å². The molecule has 2 rings (SSSR count).